The van der Waals surface area contributed by atoms with Crippen LogP contribution in [0.1, 0.15) is 11.7 Å². The van der Waals surface area contributed by atoms with Gasteiger partial charge in [0.05, 0.1) is 12.6 Å². The minimum Gasteiger partial charge on any atom is -0.387 e. The summed E-state index contributed by atoms with van der Waals surface area (Å²) in [6, 6.07) is 9.28. The lowest BCUT2D eigenvalue weighted by Gasteiger charge is -2.10. The van der Waals surface area contributed by atoms with E-state index < -0.39 is 6.10 Å². The molecule has 0 saturated carbocycles. The highest BCUT2D eigenvalue weighted by Gasteiger charge is 2.08. The summed E-state index contributed by atoms with van der Waals surface area (Å²) in [6.45, 7) is 0.270. The fourth-order valence-electron chi connectivity index (χ4n) is 1.46. The molecule has 0 fully saturated rings. The van der Waals surface area contributed by atoms with Crippen LogP contribution in [0.2, 0.25) is 0 Å². The van der Waals surface area contributed by atoms with Crippen molar-refractivity contribution >= 4 is 0 Å². The van der Waals surface area contributed by atoms with Gasteiger partial charge in [0.15, 0.2) is 0 Å². The second-order valence-electron chi connectivity index (χ2n) is 3.34. The molecular formula is C11H12N2O2. The number of hydrogen-bond acceptors (Lipinski definition) is 2. The van der Waals surface area contributed by atoms with Crippen molar-refractivity contribution in [2.75, 3.05) is 0 Å². The van der Waals surface area contributed by atoms with Crippen molar-refractivity contribution < 1.29 is 5.11 Å². The normalized spacial score (nSPS) is 12.6. The molecule has 2 aromatic rings. The Kier molecular flexibility index (Phi) is 2.69. The van der Waals surface area contributed by atoms with E-state index >= 15 is 0 Å². The fourth-order valence-corrected chi connectivity index (χ4v) is 1.46. The van der Waals surface area contributed by atoms with Crippen LogP contribution in [0.4, 0.5) is 0 Å². The highest BCUT2D eigenvalue weighted by Crippen LogP contribution is 2.12. The van der Waals surface area contributed by atoms with Gasteiger partial charge in [-0.25, -0.2) is 4.79 Å². The third kappa shape index (κ3) is 2.16. The van der Waals surface area contributed by atoms with Crippen LogP contribution in [0.5, 0.6) is 0 Å². The fraction of sp³-hybridized carbons (Fsp3) is 0.182. The maximum Gasteiger partial charge on any atom is 0.325 e. The Labute approximate surface area is 86.8 Å². The Morgan fingerprint density at radius 2 is 2.07 bits per heavy atom. The van der Waals surface area contributed by atoms with Crippen molar-refractivity contribution in [3.05, 3.63) is 58.8 Å². The Bertz CT molecular complexity index is 473. The van der Waals surface area contributed by atoms with E-state index in [1.165, 1.54) is 4.57 Å². The maximum absolute atomic E-state index is 11.2. The molecule has 78 valence electrons. The molecule has 1 unspecified atom stereocenters. The van der Waals surface area contributed by atoms with Gasteiger partial charge >= 0.3 is 5.69 Å². The van der Waals surface area contributed by atoms with Crippen molar-refractivity contribution in [1.82, 2.24) is 9.55 Å². The minimum absolute atomic E-state index is 0.204. The number of hydrogen-bond donors (Lipinski definition) is 2. The van der Waals surface area contributed by atoms with E-state index in [2.05, 4.69) is 4.98 Å². The first-order valence-electron chi connectivity index (χ1n) is 4.74. The van der Waals surface area contributed by atoms with Gasteiger partial charge in [-0.15, -0.1) is 0 Å². The van der Waals surface area contributed by atoms with Crippen molar-refractivity contribution in [2.24, 2.45) is 0 Å². The first kappa shape index (κ1) is 9.73. The monoisotopic (exact) mass is 204 g/mol. The molecule has 0 radical (unpaired) electrons. The molecule has 1 aromatic heterocycles. The van der Waals surface area contributed by atoms with Crippen LogP contribution in [0.3, 0.4) is 0 Å². The van der Waals surface area contributed by atoms with Crippen LogP contribution >= 0.6 is 0 Å². The first-order chi connectivity index (χ1) is 7.27. The molecule has 1 aromatic carbocycles. The molecule has 4 nitrogen and oxygen atoms in total. The predicted octanol–water partition coefficient (Wildman–Crippen LogP) is 0.910. The van der Waals surface area contributed by atoms with E-state index in [9.17, 15) is 9.90 Å². The summed E-state index contributed by atoms with van der Waals surface area (Å²) in [6.07, 6.45) is 2.52. The summed E-state index contributed by atoms with van der Waals surface area (Å²) in [5, 5.41) is 9.84. The van der Waals surface area contributed by atoms with Crippen molar-refractivity contribution in [3.63, 3.8) is 0 Å². The highest BCUT2D eigenvalue weighted by atomic mass is 16.3. The summed E-state index contributed by atoms with van der Waals surface area (Å²) in [5.74, 6) is 0. The third-order valence-electron chi connectivity index (χ3n) is 2.28. The molecule has 0 aliphatic rings. The second kappa shape index (κ2) is 4.14. The van der Waals surface area contributed by atoms with Gasteiger partial charge in [0.2, 0.25) is 0 Å². The number of imidazole rings is 1. The zero-order valence-electron chi connectivity index (χ0n) is 8.13. The molecule has 0 saturated heterocycles. The lowest BCUT2D eigenvalue weighted by Crippen LogP contribution is -2.20. The van der Waals surface area contributed by atoms with Gasteiger partial charge in [0, 0.05) is 12.4 Å². The number of nitrogens with one attached hydrogen (secondary N) is 1. The van der Waals surface area contributed by atoms with Gasteiger partial charge in [-0.2, -0.15) is 0 Å². The van der Waals surface area contributed by atoms with E-state index in [4.69, 9.17) is 0 Å². The molecule has 1 atom stereocenters. The summed E-state index contributed by atoms with van der Waals surface area (Å²) in [7, 11) is 0. The van der Waals surface area contributed by atoms with Gasteiger partial charge in [0.1, 0.15) is 0 Å². The lowest BCUT2D eigenvalue weighted by atomic mass is 10.1. The number of aliphatic hydroxyl groups is 1. The number of aliphatic hydroxyl groups excluding tert-OH is 1. The maximum atomic E-state index is 11.2. The van der Waals surface area contributed by atoms with Crippen LogP contribution < -0.4 is 5.69 Å². The van der Waals surface area contributed by atoms with E-state index in [1.54, 1.807) is 12.4 Å². The molecule has 1 heterocycles. The number of H-pyrrole nitrogens is 1. The van der Waals surface area contributed by atoms with Crippen molar-refractivity contribution in [1.29, 1.82) is 0 Å². The molecule has 2 rings (SSSR count). The zero-order valence-corrected chi connectivity index (χ0v) is 8.13. The van der Waals surface area contributed by atoms with Crippen LogP contribution in [0.15, 0.2) is 47.5 Å². The van der Waals surface area contributed by atoms with E-state index in [0.29, 0.717) is 0 Å². The van der Waals surface area contributed by atoms with Crippen LogP contribution in [-0.4, -0.2) is 14.7 Å². The topological polar surface area (TPSA) is 58.0 Å². The molecule has 0 aliphatic heterocycles. The van der Waals surface area contributed by atoms with Crippen LogP contribution in [-0.2, 0) is 6.54 Å². The van der Waals surface area contributed by atoms with Gasteiger partial charge in [-0.1, -0.05) is 30.3 Å². The van der Waals surface area contributed by atoms with E-state index in [0.717, 1.165) is 5.56 Å². The number of rotatable bonds is 3. The summed E-state index contributed by atoms with van der Waals surface area (Å²) < 4.78 is 1.44. The van der Waals surface area contributed by atoms with Crippen LogP contribution in [0.25, 0.3) is 0 Å². The van der Waals surface area contributed by atoms with Gasteiger partial charge in [-0.3, -0.25) is 4.57 Å². The third-order valence-corrected chi connectivity index (χ3v) is 2.28. The lowest BCUT2D eigenvalue weighted by molar-refractivity contribution is 0.155. The Hall–Kier alpha value is -1.81. The molecule has 0 aliphatic carbocycles. The average Bonchev–Trinajstić information content (AvgIpc) is 2.66. The average molecular weight is 204 g/mol. The van der Waals surface area contributed by atoms with Gasteiger partial charge in [0.25, 0.3) is 0 Å². The number of benzene rings is 1. The molecule has 15 heavy (non-hydrogen) atoms. The van der Waals surface area contributed by atoms with E-state index in [1.807, 2.05) is 30.3 Å². The molecular weight excluding hydrogens is 192 g/mol. The Balaban J connectivity index is 2.14. The molecule has 0 spiro atoms. The zero-order chi connectivity index (χ0) is 10.7. The number of aromatic nitrogens is 2. The SMILES string of the molecule is O=c1[nH]ccn1CC(O)c1ccccc1. The predicted molar refractivity (Wildman–Crippen MR) is 56.5 cm³/mol. The smallest absolute Gasteiger partial charge is 0.325 e. The summed E-state index contributed by atoms with van der Waals surface area (Å²) >= 11 is 0. The van der Waals surface area contributed by atoms with E-state index in [-0.39, 0.29) is 12.2 Å². The second-order valence-corrected chi connectivity index (χ2v) is 3.34. The number of nitrogens with zero attached hydrogens (tertiary/aromatic N) is 1. The highest BCUT2D eigenvalue weighted by molar-refractivity contribution is 5.17. The molecule has 0 amide bonds. The van der Waals surface area contributed by atoms with Gasteiger partial charge in [-0.05, 0) is 5.56 Å². The number of aromatic amines is 1. The Morgan fingerprint density at radius 1 is 1.33 bits per heavy atom. The minimum atomic E-state index is -0.653. The summed E-state index contributed by atoms with van der Waals surface area (Å²) in [4.78, 5) is 13.7. The van der Waals surface area contributed by atoms with Gasteiger partial charge < -0.3 is 10.1 Å². The van der Waals surface area contributed by atoms with Crippen molar-refractivity contribution in [2.45, 2.75) is 12.6 Å². The Morgan fingerprint density at radius 3 is 2.67 bits per heavy atom. The van der Waals surface area contributed by atoms with Crippen LogP contribution in [0, 0.1) is 0 Å². The quantitative estimate of drug-likeness (QED) is 0.780. The van der Waals surface area contributed by atoms with Crippen molar-refractivity contribution in [3.8, 4) is 0 Å². The summed E-state index contributed by atoms with van der Waals surface area (Å²) in [5.41, 5.74) is 0.607. The molecule has 0 bridgehead atoms. The molecule has 4 heteroatoms. The standard InChI is InChI=1S/C11H12N2O2/c14-10(9-4-2-1-3-5-9)8-13-7-6-12-11(13)15/h1-7,10,14H,8H2,(H,12,15). The first-order valence-corrected chi connectivity index (χ1v) is 4.74. The largest absolute Gasteiger partial charge is 0.387 e. The molecule has 2 N–H and O–H groups in total.